The Labute approximate surface area is 140 Å². The molecule has 0 heterocycles. The van der Waals surface area contributed by atoms with Gasteiger partial charge in [0.15, 0.2) is 11.5 Å². The number of carbonyl (C=O) groups is 1. The molecule has 0 spiro atoms. The maximum atomic E-state index is 11.9. The number of hydrazone groups is 1. The van der Waals surface area contributed by atoms with Gasteiger partial charge in [0.25, 0.3) is 5.91 Å². The molecule has 0 saturated carbocycles. The number of methoxy groups -OCH3 is 1. The minimum atomic E-state index is -0.369. The summed E-state index contributed by atoms with van der Waals surface area (Å²) in [6, 6.07) is 9.88. The second kappa shape index (κ2) is 7.29. The Morgan fingerprint density at radius 1 is 1.41 bits per heavy atom. The first-order valence-corrected chi connectivity index (χ1v) is 7.34. The highest BCUT2D eigenvalue weighted by atomic mass is 79.9. The second-order valence-corrected chi connectivity index (χ2v) is 5.61. The van der Waals surface area contributed by atoms with E-state index in [4.69, 9.17) is 16.3 Å². The maximum absolute atomic E-state index is 11.9. The van der Waals surface area contributed by atoms with Gasteiger partial charge in [-0.25, -0.2) is 5.43 Å². The third-order valence-corrected chi connectivity index (χ3v) is 3.46. The minimum absolute atomic E-state index is 0.104. The number of nitrogens with one attached hydrogen (secondary N) is 1. The van der Waals surface area contributed by atoms with Gasteiger partial charge in [0.05, 0.1) is 13.3 Å². The number of hydrogen-bond acceptors (Lipinski definition) is 4. The van der Waals surface area contributed by atoms with Crippen molar-refractivity contribution in [3.05, 3.63) is 57.0 Å². The number of phenolic OH excluding ortho intramolecular Hbond substituents is 1. The van der Waals surface area contributed by atoms with Crippen molar-refractivity contribution in [2.75, 3.05) is 7.11 Å². The van der Waals surface area contributed by atoms with Crippen molar-refractivity contribution in [3.8, 4) is 11.5 Å². The average molecular weight is 384 g/mol. The van der Waals surface area contributed by atoms with Crippen LogP contribution in [-0.4, -0.2) is 24.3 Å². The largest absolute Gasteiger partial charge is 0.504 e. The molecule has 0 atom stereocenters. The van der Waals surface area contributed by atoms with Crippen LogP contribution >= 0.6 is 27.5 Å². The lowest BCUT2D eigenvalue weighted by Crippen LogP contribution is -2.17. The number of halogens is 2. The van der Waals surface area contributed by atoms with Crippen LogP contribution in [0.5, 0.6) is 11.5 Å². The van der Waals surface area contributed by atoms with Gasteiger partial charge >= 0.3 is 0 Å². The molecule has 5 nitrogen and oxygen atoms in total. The third kappa shape index (κ3) is 3.99. The maximum Gasteiger partial charge on any atom is 0.271 e. The number of amides is 1. The summed E-state index contributed by atoms with van der Waals surface area (Å²) in [7, 11) is 1.42. The molecule has 0 radical (unpaired) electrons. The monoisotopic (exact) mass is 382 g/mol. The first kappa shape index (κ1) is 16.3. The van der Waals surface area contributed by atoms with E-state index in [0.29, 0.717) is 16.1 Å². The van der Waals surface area contributed by atoms with E-state index < -0.39 is 0 Å². The van der Waals surface area contributed by atoms with Crippen LogP contribution in [0.1, 0.15) is 15.9 Å². The van der Waals surface area contributed by atoms with Crippen molar-refractivity contribution in [3.63, 3.8) is 0 Å². The molecule has 0 fully saturated rings. The summed E-state index contributed by atoms with van der Waals surface area (Å²) >= 11 is 9.20. The Morgan fingerprint density at radius 3 is 2.86 bits per heavy atom. The molecule has 2 N–H and O–H groups in total. The van der Waals surface area contributed by atoms with E-state index >= 15 is 0 Å². The number of hydrogen-bond donors (Lipinski definition) is 2. The molecule has 0 bridgehead atoms. The molecule has 0 aliphatic carbocycles. The van der Waals surface area contributed by atoms with E-state index in [9.17, 15) is 9.90 Å². The Balaban J connectivity index is 2.13. The van der Waals surface area contributed by atoms with Crippen LogP contribution in [0.2, 0.25) is 5.02 Å². The molecule has 114 valence electrons. The van der Waals surface area contributed by atoms with Gasteiger partial charge in [-0.3, -0.25) is 4.79 Å². The van der Waals surface area contributed by atoms with E-state index in [2.05, 4.69) is 26.5 Å². The topological polar surface area (TPSA) is 70.9 Å². The highest BCUT2D eigenvalue weighted by Crippen LogP contribution is 2.32. The van der Waals surface area contributed by atoms with Gasteiger partial charge in [0.1, 0.15) is 0 Å². The highest BCUT2D eigenvalue weighted by Gasteiger charge is 2.09. The molecule has 7 heteroatoms. The molecule has 2 aromatic rings. The molecule has 2 rings (SSSR count). The highest BCUT2D eigenvalue weighted by molar-refractivity contribution is 9.10. The van der Waals surface area contributed by atoms with Gasteiger partial charge in [-0.05, 0) is 24.3 Å². The Bertz CT molecular complexity index is 735. The van der Waals surface area contributed by atoms with Crippen molar-refractivity contribution in [2.24, 2.45) is 5.10 Å². The zero-order chi connectivity index (χ0) is 16.1. The lowest BCUT2D eigenvalue weighted by Gasteiger charge is -2.06. The molecule has 0 aliphatic rings. The van der Waals surface area contributed by atoms with E-state index in [1.165, 1.54) is 25.5 Å². The van der Waals surface area contributed by atoms with E-state index in [1.54, 1.807) is 18.2 Å². The summed E-state index contributed by atoms with van der Waals surface area (Å²) in [5.41, 5.74) is 3.16. The van der Waals surface area contributed by atoms with Crippen LogP contribution < -0.4 is 10.2 Å². The summed E-state index contributed by atoms with van der Waals surface area (Å²) < 4.78 is 5.78. The van der Waals surface area contributed by atoms with Crippen molar-refractivity contribution in [1.29, 1.82) is 0 Å². The van der Waals surface area contributed by atoms with Gasteiger partial charge < -0.3 is 9.84 Å². The fraction of sp³-hybridized carbons (Fsp3) is 0.0667. The predicted octanol–water partition coefficient (Wildman–Crippen LogP) is 3.58. The molecular weight excluding hydrogens is 372 g/mol. The lowest BCUT2D eigenvalue weighted by molar-refractivity contribution is 0.0955. The van der Waals surface area contributed by atoms with Crippen LogP contribution in [0, 0.1) is 0 Å². The summed E-state index contributed by atoms with van der Waals surface area (Å²) in [5, 5.41) is 14.1. The molecule has 22 heavy (non-hydrogen) atoms. The van der Waals surface area contributed by atoms with Crippen molar-refractivity contribution in [2.45, 2.75) is 0 Å². The predicted molar refractivity (Wildman–Crippen MR) is 88.9 cm³/mol. The lowest BCUT2D eigenvalue weighted by atomic mass is 10.2. The van der Waals surface area contributed by atoms with Gasteiger partial charge in [-0.2, -0.15) is 5.10 Å². The second-order valence-electron chi connectivity index (χ2n) is 4.26. The Hall–Kier alpha value is -2.05. The first-order valence-electron chi connectivity index (χ1n) is 6.16. The summed E-state index contributed by atoms with van der Waals surface area (Å²) in [5.74, 6) is -0.245. The van der Waals surface area contributed by atoms with Gasteiger partial charge in [-0.15, -0.1) is 0 Å². The number of aromatic hydroxyl groups is 1. The van der Waals surface area contributed by atoms with Crippen molar-refractivity contribution < 1.29 is 14.6 Å². The summed E-state index contributed by atoms with van der Waals surface area (Å²) in [4.78, 5) is 11.9. The van der Waals surface area contributed by atoms with Gasteiger partial charge in [0.2, 0.25) is 0 Å². The normalized spacial score (nSPS) is 10.7. The number of ether oxygens (including phenoxy) is 1. The van der Waals surface area contributed by atoms with Crippen molar-refractivity contribution in [1.82, 2.24) is 5.43 Å². The number of phenols is 1. The van der Waals surface area contributed by atoms with Crippen LogP contribution in [-0.2, 0) is 0 Å². The van der Waals surface area contributed by atoms with Crippen LogP contribution in [0.3, 0.4) is 0 Å². The fourth-order valence-corrected chi connectivity index (χ4v) is 2.32. The molecule has 0 saturated heterocycles. The van der Waals surface area contributed by atoms with Gasteiger partial charge in [0, 0.05) is 26.7 Å². The number of benzene rings is 2. The zero-order valence-corrected chi connectivity index (χ0v) is 13.9. The number of rotatable bonds is 4. The van der Waals surface area contributed by atoms with Gasteiger partial charge in [-0.1, -0.05) is 33.6 Å². The summed E-state index contributed by atoms with van der Waals surface area (Å²) in [6.45, 7) is 0. The molecule has 0 aromatic heterocycles. The average Bonchev–Trinajstić information content (AvgIpc) is 2.50. The minimum Gasteiger partial charge on any atom is -0.504 e. The third-order valence-electron chi connectivity index (χ3n) is 2.75. The molecule has 1 amide bonds. The molecule has 0 unspecified atom stereocenters. The van der Waals surface area contributed by atoms with Crippen LogP contribution in [0.25, 0.3) is 0 Å². The SMILES string of the molecule is COc1cc(Cl)cc(/C=N/NC(=O)c2cccc(Br)c2)c1O. The van der Waals surface area contributed by atoms with Crippen LogP contribution in [0.15, 0.2) is 46.0 Å². The molecular formula is C15H12BrClN2O3. The fourth-order valence-electron chi connectivity index (χ4n) is 1.70. The quantitative estimate of drug-likeness (QED) is 0.626. The Kier molecular flexibility index (Phi) is 5.41. The molecule has 2 aromatic carbocycles. The zero-order valence-electron chi connectivity index (χ0n) is 11.5. The summed E-state index contributed by atoms with van der Waals surface area (Å²) in [6.07, 6.45) is 1.29. The van der Waals surface area contributed by atoms with Crippen molar-refractivity contribution >= 4 is 39.7 Å². The number of nitrogens with zero attached hydrogens (tertiary/aromatic N) is 1. The van der Waals surface area contributed by atoms with E-state index in [-0.39, 0.29) is 17.4 Å². The standard InChI is InChI=1S/C15H12BrClN2O3/c1-22-13-7-12(17)6-10(14(13)20)8-18-19-15(21)9-3-2-4-11(16)5-9/h2-8,20H,1H3,(H,19,21)/b18-8+. The Morgan fingerprint density at radius 2 is 2.18 bits per heavy atom. The molecule has 0 aliphatic heterocycles. The van der Waals surface area contributed by atoms with E-state index in [0.717, 1.165) is 4.47 Å². The van der Waals surface area contributed by atoms with Crippen LogP contribution in [0.4, 0.5) is 0 Å². The number of carbonyl (C=O) groups excluding carboxylic acids is 1. The smallest absolute Gasteiger partial charge is 0.271 e. The first-order chi connectivity index (χ1) is 10.5. The van der Waals surface area contributed by atoms with E-state index in [1.807, 2.05) is 6.07 Å².